The number of ketones is 1. The smallest absolute Gasteiger partial charge is 0.154 e. The lowest BCUT2D eigenvalue weighted by Crippen LogP contribution is -2.31. The van der Waals surface area contributed by atoms with E-state index in [9.17, 15) is 4.79 Å². The Morgan fingerprint density at radius 3 is 2.73 bits per heavy atom. The van der Waals surface area contributed by atoms with Gasteiger partial charge in [0.2, 0.25) is 0 Å². The molecular weight excluding hydrogens is 186 g/mol. The van der Waals surface area contributed by atoms with Crippen molar-refractivity contribution in [1.82, 2.24) is 5.32 Å². The van der Waals surface area contributed by atoms with Gasteiger partial charge in [-0.15, -0.1) is 0 Å². The van der Waals surface area contributed by atoms with Gasteiger partial charge in [0.05, 0.1) is 6.04 Å². The van der Waals surface area contributed by atoms with Crippen LogP contribution in [0.15, 0.2) is 24.3 Å². The molecule has 1 aliphatic heterocycles. The van der Waals surface area contributed by atoms with Gasteiger partial charge in [0, 0.05) is 6.42 Å². The number of aryl methyl sites for hydroxylation is 1. The van der Waals surface area contributed by atoms with Crippen molar-refractivity contribution in [2.75, 3.05) is 6.54 Å². The summed E-state index contributed by atoms with van der Waals surface area (Å²) in [4.78, 5) is 11.8. The molecule has 0 spiro atoms. The zero-order chi connectivity index (χ0) is 10.7. The number of hydrogen-bond donors (Lipinski definition) is 1. The Morgan fingerprint density at radius 2 is 2.13 bits per heavy atom. The van der Waals surface area contributed by atoms with Crippen LogP contribution in [0.4, 0.5) is 0 Å². The summed E-state index contributed by atoms with van der Waals surface area (Å²) in [5.74, 6) is 0.330. The summed E-state index contributed by atoms with van der Waals surface area (Å²) in [7, 11) is 0. The zero-order valence-electron chi connectivity index (χ0n) is 9.12. The molecule has 0 aliphatic carbocycles. The van der Waals surface area contributed by atoms with E-state index in [2.05, 4.69) is 24.4 Å². The van der Waals surface area contributed by atoms with Crippen molar-refractivity contribution < 1.29 is 4.79 Å². The van der Waals surface area contributed by atoms with Crippen LogP contribution in [-0.4, -0.2) is 18.4 Å². The van der Waals surface area contributed by atoms with Crippen LogP contribution >= 0.6 is 0 Å². The van der Waals surface area contributed by atoms with Crippen molar-refractivity contribution in [2.24, 2.45) is 0 Å². The normalized spacial score (nSPS) is 20.5. The van der Waals surface area contributed by atoms with E-state index in [0.717, 1.165) is 24.9 Å². The monoisotopic (exact) mass is 203 g/mol. The standard InChI is InChI=1S/C13H17NO/c1-10-4-6-11(7-5-10)9-13(15)12-3-2-8-14-12/h4-7,12,14H,2-3,8-9H2,1H3/t12-/m0/s1. The van der Waals surface area contributed by atoms with Gasteiger partial charge in [-0.25, -0.2) is 0 Å². The second-order valence-electron chi connectivity index (χ2n) is 4.28. The van der Waals surface area contributed by atoms with Crippen molar-refractivity contribution in [3.8, 4) is 0 Å². The number of benzene rings is 1. The molecule has 0 unspecified atom stereocenters. The minimum atomic E-state index is 0.103. The van der Waals surface area contributed by atoms with Crippen molar-refractivity contribution in [3.63, 3.8) is 0 Å². The summed E-state index contributed by atoms with van der Waals surface area (Å²) in [6, 6.07) is 8.31. The SMILES string of the molecule is Cc1ccc(CC(=O)[C@@H]2CCCN2)cc1. The van der Waals surface area contributed by atoms with Gasteiger partial charge in [0.1, 0.15) is 0 Å². The molecule has 1 fully saturated rings. The third kappa shape index (κ3) is 2.66. The molecule has 1 heterocycles. The molecule has 1 atom stereocenters. The highest BCUT2D eigenvalue weighted by Gasteiger charge is 2.21. The fourth-order valence-corrected chi connectivity index (χ4v) is 1.99. The van der Waals surface area contributed by atoms with Gasteiger partial charge >= 0.3 is 0 Å². The van der Waals surface area contributed by atoms with E-state index in [-0.39, 0.29) is 6.04 Å². The van der Waals surface area contributed by atoms with Gasteiger partial charge in [-0.2, -0.15) is 0 Å². The lowest BCUT2D eigenvalue weighted by molar-refractivity contribution is -0.120. The predicted octanol–water partition coefficient (Wildman–Crippen LogP) is 1.86. The summed E-state index contributed by atoms with van der Waals surface area (Å²) < 4.78 is 0. The number of carbonyl (C=O) groups excluding carboxylic acids is 1. The Kier molecular flexibility index (Phi) is 3.17. The first-order valence-corrected chi connectivity index (χ1v) is 5.57. The van der Waals surface area contributed by atoms with Gasteiger partial charge < -0.3 is 5.32 Å². The Bertz CT molecular complexity index is 336. The molecule has 2 heteroatoms. The molecular formula is C13H17NO. The van der Waals surface area contributed by atoms with E-state index in [4.69, 9.17) is 0 Å². The largest absolute Gasteiger partial charge is 0.307 e. The lowest BCUT2D eigenvalue weighted by Gasteiger charge is -2.08. The van der Waals surface area contributed by atoms with Crippen LogP contribution in [0.5, 0.6) is 0 Å². The van der Waals surface area contributed by atoms with Crippen LogP contribution in [-0.2, 0) is 11.2 Å². The first-order valence-electron chi connectivity index (χ1n) is 5.57. The molecule has 1 aromatic carbocycles. The van der Waals surface area contributed by atoms with Crippen molar-refractivity contribution in [3.05, 3.63) is 35.4 Å². The number of rotatable bonds is 3. The van der Waals surface area contributed by atoms with Crippen LogP contribution in [0.2, 0.25) is 0 Å². The third-order valence-electron chi connectivity index (χ3n) is 2.95. The summed E-state index contributed by atoms with van der Waals surface area (Å²) in [5.41, 5.74) is 2.37. The number of hydrogen-bond acceptors (Lipinski definition) is 2. The Hall–Kier alpha value is -1.15. The highest BCUT2D eigenvalue weighted by molar-refractivity contribution is 5.86. The molecule has 0 saturated carbocycles. The maximum Gasteiger partial charge on any atom is 0.154 e. The minimum absolute atomic E-state index is 0.103. The summed E-state index contributed by atoms with van der Waals surface area (Å²) in [6.07, 6.45) is 2.70. The minimum Gasteiger partial charge on any atom is -0.307 e. The molecule has 0 bridgehead atoms. The second kappa shape index (κ2) is 4.58. The van der Waals surface area contributed by atoms with Crippen LogP contribution < -0.4 is 5.32 Å². The molecule has 2 rings (SSSR count). The Balaban J connectivity index is 1.96. The second-order valence-corrected chi connectivity index (χ2v) is 4.28. The van der Waals surface area contributed by atoms with Crippen molar-refractivity contribution in [2.45, 2.75) is 32.2 Å². The van der Waals surface area contributed by atoms with E-state index in [1.165, 1.54) is 5.56 Å². The molecule has 80 valence electrons. The fourth-order valence-electron chi connectivity index (χ4n) is 1.99. The van der Waals surface area contributed by atoms with Crippen LogP contribution in [0, 0.1) is 6.92 Å². The number of Topliss-reactive ketones (excluding diaryl/α,β-unsaturated/α-hetero) is 1. The van der Waals surface area contributed by atoms with E-state index in [1.807, 2.05) is 12.1 Å². The maximum atomic E-state index is 11.8. The lowest BCUT2D eigenvalue weighted by atomic mass is 10.0. The molecule has 1 N–H and O–H groups in total. The fraction of sp³-hybridized carbons (Fsp3) is 0.462. The Labute approximate surface area is 90.7 Å². The van der Waals surface area contributed by atoms with Crippen LogP contribution in [0.1, 0.15) is 24.0 Å². The highest BCUT2D eigenvalue weighted by Crippen LogP contribution is 2.10. The molecule has 1 saturated heterocycles. The summed E-state index contributed by atoms with van der Waals surface area (Å²) in [6.45, 7) is 3.05. The molecule has 2 nitrogen and oxygen atoms in total. The van der Waals surface area contributed by atoms with Crippen LogP contribution in [0.25, 0.3) is 0 Å². The molecule has 1 aromatic rings. The molecule has 0 radical (unpaired) electrons. The maximum absolute atomic E-state index is 11.8. The highest BCUT2D eigenvalue weighted by atomic mass is 16.1. The average molecular weight is 203 g/mol. The van der Waals surface area contributed by atoms with E-state index < -0.39 is 0 Å². The van der Waals surface area contributed by atoms with Gasteiger partial charge in [-0.1, -0.05) is 29.8 Å². The van der Waals surface area contributed by atoms with Gasteiger partial charge in [0.15, 0.2) is 5.78 Å². The molecule has 15 heavy (non-hydrogen) atoms. The average Bonchev–Trinajstić information content (AvgIpc) is 2.74. The van der Waals surface area contributed by atoms with Crippen molar-refractivity contribution in [1.29, 1.82) is 0 Å². The van der Waals surface area contributed by atoms with Crippen molar-refractivity contribution >= 4 is 5.78 Å². The summed E-state index contributed by atoms with van der Waals surface area (Å²) in [5, 5.41) is 3.24. The zero-order valence-corrected chi connectivity index (χ0v) is 9.12. The van der Waals surface area contributed by atoms with Gasteiger partial charge in [-0.3, -0.25) is 4.79 Å². The van der Waals surface area contributed by atoms with E-state index in [0.29, 0.717) is 12.2 Å². The Morgan fingerprint density at radius 1 is 1.40 bits per heavy atom. The molecule has 1 aliphatic rings. The predicted molar refractivity (Wildman–Crippen MR) is 60.9 cm³/mol. The number of nitrogens with one attached hydrogen (secondary N) is 1. The van der Waals surface area contributed by atoms with Crippen LogP contribution in [0.3, 0.4) is 0 Å². The third-order valence-corrected chi connectivity index (χ3v) is 2.95. The first kappa shape index (κ1) is 10.4. The van der Waals surface area contributed by atoms with Gasteiger partial charge in [-0.05, 0) is 31.9 Å². The van der Waals surface area contributed by atoms with E-state index >= 15 is 0 Å². The van der Waals surface area contributed by atoms with Gasteiger partial charge in [0.25, 0.3) is 0 Å². The molecule has 0 aromatic heterocycles. The first-order chi connectivity index (χ1) is 7.25. The van der Waals surface area contributed by atoms with E-state index in [1.54, 1.807) is 0 Å². The molecule has 0 amide bonds. The quantitative estimate of drug-likeness (QED) is 0.812. The summed E-state index contributed by atoms with van der Waals surface area (Å²) >= 11 is 0. The number of carbonyl (C=O) groups is 1. The topological polar surface area (TPSA) is 29.1 Å².